The molecule has 3 atom stereocenters. The van der Waals surface area contributed by atoms with Crippen molar-refractivity contribution in [3.8, 4) is 0 Å². The molecule has 0 N–H and O–H groups in total. The van der Waals surface area contributed by atoms with Gasteiger partial charge in [-0.25, -0.2) is 0 Å². The molecule has 2 saturated carbocycles. The van der Waals surface area contributed by atoms with Crippen LogP contribution in [0.4, 0.5) is 0 Å². The van der Waals surface area contributed by atoms with E-state index < -0.39 is 0 Å². The minimum Gasteiger partial charge on any atom is -0.299 e. The molecule has 0 aromatic carbocycles. The number of carbonyl (C=O) groups excluding carboxylic acids is 2. The van der Waals surface area contributed by atoms with E-state index in [0.29, 0.717) is 18.1 Å². The summed E-state index contributed by atoms with van der Waals surface area (Å²) in [7, 11) is 0. The second-order valence-electron chi connectivity index (χ2n) is 6.33. The van der Waals surface area contributed by atoms with Gasteiger partial charge in [-0.1, -0.05) is 26.3 Å². The Morgan fingerprint density at radius 2 is 2.24 bits per heavy atom. The highest BCUT2D eigenvalue weighted by molar-refractivity contribution is 6.02. The van der Waals surface area contributed by atoms with Gasteiger partial charge in [0.15, 0.2) is 5.78 Å². The van der Waals surface area contributed by atoms with Crippen LogP contribution >= 0.6 is 0 Å². The van der Waals surface area contributed by atoms with Crippen LogP contribution in [0.3, 0.4) is 0 Å². The number of Topliss-reactive ketones (excluding diaryl/α,β-unsaturated/α-hetero) is 2. The van der Waals surface area contributed by atoms with Crippen LogP contribution < -0.4 is 0 Å². The van der Waals surface area contributed by atoms with Gasteiger partial charge in [-0.2, -0.15) is 0 Å². The van der Waals surface area contributed by atoms with Crippen molar-refractivity contribution in [2.24, 2.45) is 23.2 Å². The van der Waals surface area contributed by atoms with E-state index >= 15 is 0 Å². The van der Waals surface area contributed by atoms with Crippen LogP contribution in [0.15, 0.2) is 11.6 Å². The lowest BCUT2D eigenvalue weighted by molar-refractivity contribution is -0.130. The smallest absolute Gasteiger partial charge is 0.161 e. The van der Waals surface area contributed by atoms with Gasteiger partial charge in [0.2, 0.25) is 0 Å². The molecule has 4 rings (SSSR count). The molecule has 0 saturated heterocycles. The van der Waals surface area contributed by atoms with Gasteiger partial charge in [-0.3, -0.25) is 9.59 Å². The van der Waals surface area contributed by atoms with Crippen LogP contribution in [0.25, 0.3) is 0 Å². The van der Waals surface area contributed by atoms with Gasteiger partial charge >= 0.3 is 0 Å². The van der Waals surface area contributed by atoms with Crippen molar-refractivity contribution in [2.45, 2.75) is 46.0 Å². The van der Waals surface area contributed by atoms with Gasteiger partial charge in [0.25, 0.3) is 0 Å². The normalized spacial score (nSPS) is 39.5. The summed E-state index contributed by atoms with van der Waals surface area (Å²) < 4.78 is 0. The minimum absolute atomic E-state index is 0.0484. The average molecular weight is 232 g/mol. The molecule has 17 heavy (non-hydrogen) atoms. The molecule has 0 unspecified atom stereocenters. The van der Waals surface area contributed by atoms with E-state index in [-0.39, 0.29) is 23.0 Å². The van der Waals surface area contributed by atoms with Gasteiger partial charge in [0, 0.05) is 23.7 Å². The lowest BCUT2D eigenvalue weighted by Crippen LogP contribution is -2.46. The van der Waals surface area contributed by atoms with Crippen molar-refractivity contribution in [2.75, 3.05) is 0 Å². The monoisotopic (exact) mass is 232 g/mol. The van der Waals surface area contributed by atoms with Crippen LogP contribution in [0.1, 0.15) is 46.0 Å². The summed E-state index contributed by atoms with van der Waals surface area (Å²) in [5, 5.41) is 0. The van der Waals surface area contributed by atoms with Crippen LogP contribution in [0.2, 0.25) is 0 Å². The summed E-state index contributed by atoms with van der Waals surface area (Å²) in [4.78, 5) is 24.3. The number of ketones is 2. The van der Waals surface area contributed by atoms with Crippen LogP contribution in [0.5, 0.6) is 0 Å². The maximum atomic E-state index is 12.4. The zero-order valence-electron chi connectivity index (χ0n) is 10.7. The maximum absolute atomic E-state index is 12.4. The number of hydrogen-bond acceptors (Lipinski definition) is 2. The summed E-state index contributed by atoms with van der Waals surface area (Å²) in [5.74, 6) is 1.38. The van der Waals surface area contributed by atoms with Crippen molar-refractivity contribution < 1.29 is 9.59 Å². The summed E-state index contributed by atoms with van der Waals surface area (Å²) >= 11 is 0. The summed E-state index contributed by atoms with van der Waals surface area (Å²) in [6.07, 6.45) is 7.14. The van der Waals surface area contributed by atoms with E-state index in [4.69, 9.17) is 0 Å². The lowest BCUT2D eigenvalue weighted by atomic mass is 9.54. The molecule has 0 amide bonds. The third-order valence-corrected chi connectivity index (χ3v) is 5.09. The number of hydrogen-bond donors (Lipinski definition) is 0. The zero-order valence-corrected chi connectivity index (χ0v) is 10.7. The van der Waals surface area contributed by atoms with Gasteiger partial charge in [-0.05, 0) is 30.8 Å². The fraction of sp³-hybridized carbons (Fsp3) is 0.733. The topological polar surface area (TPSA) is 34.1 Å². The Morgan fingerprint density at radius 3 is 2.94 bits per heavy atom. The fourth-order valence-electron chi connectivity index (χ4n) is 4.22. The Hall–Kier alpha value is -0.920. The van der Waals surface area contributed by atoms with Crippen molar-refractivity contribution in [1.82, 2.24) is 0 Å². The quantitative estimate of drug-likeness (QED) is 0.733. The number of rotatable bonds is 2. The molecular weight excluding hydrogens is 212 g/mol. The highest BCUT2D eigenvalue weighted by atomic mass is 16.1. The van der Waals surface area contributed by atoms with Crippen molar-refractivity contribution in [1.29, 1.82) is 0 Å². The molecule has 2 heteroatoms. The second kappa shape index (κ2) is 3.54. The Labute approximate surface area is 102 Å². The molecule has 4 aliphatic rings. The van der Waals surface area contributed by atoms with E-state index in [1.165, 1.54) is 12.8 Å². The standard InChI is InChI=1S/C15H20O2/c1-9(2)14(17)12-7-10-6-11-4-3-5-15(11,12)8-13(10)16/h7,9-11H,3-6,8H2,1-2H3/t10-,11-,15+/m0/s1. The summed E-state index contributed by atoms with van der Waals surface area (Å²) in [6, 6.07) is 0. The molecule has 92 valence electrons. The van der Waals surface area contributed by atoms with Crippen LogP contribution in [-0.2, 0) is 9.59 Å². The predicted molar refractivity (Wildman–Crippen MR) is 65.4 cm³/mol. The molecule has 0 radical (unpaired) electrons. The van der Waals surface area contributed by atoms with Gasteiger partial charge in [0.1, 0.15) is 5.78 Å². The maximum Gasteiger partial charge on any atom is 0.161 e. The lowest BCUT2D eigenvalue weighted by Gasteiger charge is -2.47. The molecule has 0 aliphatic heterocycles. The van der Waals surface area contributed by atoms with E-state index in [2.05, 4.69) is 0 Å². The van der Waals surface area contributed by atoms with Crippen molar-refractivity contribution in [3.63, 3.8) is 0 Å². The molecule has 0 heterocycles. The Kier molecular flexibility index (Phi) is 2.33. The van der Waals surface area contributed by atoms with Gasteiger partial charge < -0.3 is 0 Å². The Balaban J connectivity index is 2.06. The molecule has 2 bridgehead atoms. The van der Waals surface area contributed by atoms with Crippen LogP contribution in [-0.4, -0.2) is 11.6 Å². The third-order valence-electron chi connectivity index (χ3n) is 5.09. The summed E-state index contributed by atoms with van der Waals surface area (Å²) in [6.45, 7) is 3.93. The largest absolute Gasteiger partial charge is 0.299 e. The number of allylic oxidation sites excluding steroid dienone is 2. The molecule has 2 nitrogen and oxygen atoms in total. The van der Waals surface area contributed by atoms with E-state index in [1.807, 2.05) is 19.9 Å². The zero-order chi connectivity index (χ0) is 12.2. The first-order valence-corrected chi connectivity index (χ1v) is 6.84. The first kappa shape index (κ1) is 11.2. The molecule has 1 spiro atoms. The first-order chi connectivity index (χ1) is 8.04. The molecule has 0 aromatic rings. The molecule has 0 aromatic heterocycles. The van der Waals surface area contributed by atoms with Crippen molar-refractivity contribution >= 4 is 11.6 Å². The number of carbonyl (C=O) groups is 2. The Bertz CT molecular complexity index is 419. The van der Waals surface area contributed by atoms with Gasteiger partial charge in [-0.15, -0.1) is 0 Å². The SMILES string of the molecule is CC(C)C(=O)C1=C[C@@H]2C[C@@H]3CCC[C@]13CC2=O. The molecule has 2 fully saturated rings. The van der Waals surface area contributed by atoms with Crippen molar-refractivity contribution in [3.05, 3.63) is 11.6 Å². The van der Waals surface area contributed by atoms with E-state index in [9.17, 15) is 9.59 Å². The molecular formula is C15H20O2. The third kappa shape index (κ3) is 1.39. The van der Waals surface area contributed by atoms with Gasteiger partial charge in [0.05, 0.1) is 0 Å². The minimum atomic E-state index is -0.0484. The summed E-state index contributed by atoms with van der Waals surface area (Å²) in [5.41, 5.74) is 0.971. The fourth-order valence-corrected chi connectivity index (χ4v) is 4.22. The number of fused-ring (bicyclic) bond motifs is 1. The predicted octanol–water partition coefficient (Wildman–Crippen LogP) is 2.92. The Morgan fingerprint density at radius 1 is 1.47 bits per heavy atom. The molecule has 4 aliphatic carbocycles. The first-order valence-electron chi connectivity index (χ1n) is 6.84. The highest BCUT2D eigenvalue weighted by Crippen LogP contribution is 2.60. The highest BCUT2D eigenvalue weighted by Gasteiger charge is 2.56. The average Bonchev–Trinajstić information content (AvgIpc) is 2.69. The second-order valence-corrected chi connectivity index (χ2v) is 6.33. The van der Waals surface area contributed by atoms with Crippen LogP contribution in [0, 0.1) is 23.2 Å². The van der Waals surface area contributed by atoms with E-state index in [1.54, 1.807) is 0 Å². The van der Waals surface area contributed by atoms with E-state index in [0.717, 1.165) is 18.4 Å².